The number of ether oxygens (including phenoxy) is 2. The molecule has 0 aliphatic heterocycles. The second-order valence-electron chi connectivity index (χ2n) is 15.9. The number of esters is 2. The fourth-order valence-electron chi connectivity index (χ4n) is 6.57. The molecule has 1 fully saturated rings. The molecule has 0 aromatic carbocycles. The Hall–Kier alpha value is -2.56. The van der Waals surface area contributed by atoms with Crippen molar-refractivity contribution in [2.24, 2.45) is 11.8 Å². The zero-order chi connectivity index (χ0) is 47.5. The number of rotatable bonds is 38. The van der Waals surface area contributed by atoms with Crippen LogP contribution in [0.1, 0.15) is 136 Å². The number of hydrogen-bond acceptors (Lipinski definition) is 13. The summed E-state index contributed by atoms with van der Waals surface area (Å²) in [5.41, 5.74) is 0. The molecular weight excluding hydrogens is 870 g/mol. The SMILES string of the molecule is CCCCC/C=C\C/C=C\C/C=C\C/C=C\CCCC(=O)OC[C@H](COP(=O)(O)OC[C@@H](O)COP(=O)(O)O)OC(=O)CCC/C=C/C[C@@H]1[C@@H](/C=C/[C@@H](O)CCCCC)[C@H](O)C[C@@H]1O. The van der Waals surface area contributed by atoms with Gasteiger partial charge >= 0.3 is 27.6 Å². The minimum Gasteiger partial charge on any atom is -0.462 e. The van der Waals surface area contributed by atoms with Crippen LogP contribution in [0.15, 0.2) is 72.9 Å². The Kier molecular flexibility index (Phi) is 34.0. The van der Waals surface area contributed by atoms with Crippen molar-refractivity contribution in [2.75, 3.05) is 26.4 Å². The highest BCUT2D eigenvalue weighted by Crippen LogP contribution is 2.44. The molecule has 1 aliphatic carbocycles. The van der Waals surface area contributed by atoms with Gasteiger partial charge < -0.3 is 44.6 Å². The molecule has 64 heavy (non-hydrogen) atoms. The first-order valence-electron chi connectivity index (χ1n) is 22.9. The molecule has 18 heteroatoms. The van der Waals surface area contributed by atoms with Crippen molar-refractivity contribution in [2.45, 2.75) is 166 Å². The lowest BCUT2D eigenvalue weighted by molar-refractivity contribution is -0.161. The summed E-state index contributed by atoms with van der Waals surface area (Å²) in [7, 11) is -9.80. The Bertz CT molecular complexity index is 1520. The molecule has 1 aliphatic rings. The Balaban J connectivity index is 2.61. The van der Waals surface area contributed by atoms with Gasteiger partial charge in [0.25, 0.3) is 0 Å². The van der Waals surface area contributed by atoms with Crippen LogP contribution >= 0.6 is 15.6 Å². The number of unbranched alkanes of at least 4 members (excludes halogenated alkanes) is 7. The second-order valence-corrected chi connectivity index (χ2v) is 18.6. The highest BCUT2D eigenvalue weighted by molar-refractivity contribution is 7.47. The van der Waals surface area contributed by atoms with E-state index < -0.39 is 84.5 Å². The summed E-state index contributed by atoms with van der Waals surface area (Å²) >= 11 is 0. The fraction of sp³-hybridized carbons (Fsp3) is 0.696. The van der Waals surface area contributed by atoms with Gasteiger partial charge in [0.15, 0.2) is 6.10 Å². The molecule has 0 bridgehead atoms. The van der Waals surface area contributed by atoms with Gasteiger partial charge in [0, 0.05) is 25.2 Å². The first kappa shape index (κ1) is 59.5. The van der Waals surface area contributed by atoms with E-state index >= 15 is 0 Å². The van der Waals surface area contributed by atoms with Crippen LogP contribution in [0.25, 0.3) is 0 Å². The summed E-state index contributed by atoms with van der Waals surface area (Å²) in [5.74, 6) is -1.82. The Labute approximate surface area is 381 Å². The Morgan fingerprint density at radius 1 is 0.641 bits per heavy atom. The van der Waals surface area contributed by atoms with E-state index in [4.69, 9.17) is 23.8 Å². The molecule has 1 saturated carbocycles. The van der Waals surface area contributed by atoms with Gasteiger partial charge in [0.05, 0.1) is 38.1 Å². The molecule has 0 radical (unpaired) electrons. The Morgan fingerprint density at radius 2 is 1.17 bits per heavy atom. The molecule has 7 N–H and O–H groups in total. The third-order valence-electron chi connectivity index (χ3n) is 10.1. The monoisotopic (exact) mass is 948 g/mol. The molecule has 0 aromatic rings. The van der Waals surface area contributed by atoms with Gasteiger partial charge in [-0.3, -0.25) is 23.2 Å². The van der Waals surface area contributed by atoms with Crippen molar-refractivity contribution in [1.82, 2.24) is 0 Å². The zero-order valence-corrected chi connectivity index (χ0v) is 39.7. The standard InChI is InChI=1S/C46H78O16P2/c1-3-5-7-8-9-10-11-12-13-14-15-16-17-18-19-20-25-29-45(51)58-36-40(37-61-64(56,57)60-35-39(48)34-59-63(53,54)55)62-46(52)30-26-22-21-24-28-41-42(44(50)33-43(41)49)32-31-38(47)27-23-6-4-2/h9-10,12-13,15-16,18-19,21,24,31-32,38-44,47-50H,3-8,11,14,17,20,22-23,25-30,33-37H2,1-2H3,(H,56,57)(H2,53,54,55)/b10-9-,13-12-,16-15-,19-18-,24-21+,32-31+/t38-,39-,40+,41+,42+,43-,44+/m0/s1. The highest BCUT2D eigenvalue weighted by Gasteiger charge is 2.39. The summed E-state index contributed by atoms with van der Waals surface area (Å²) < 4.78 is 47.7. The van der Waals surface area contributed by atoms with E-state index in [9.17, 15) is 44.0 Å². The summed E-state index contributed by atoms with van der Waals surface area (Å²) in [6, 6.07) is 0. The van der Waals surface area contributed by atoms with E-state index in [2.05, 4.69) is 59.4 Å². The largest absolute Gasteiger partial charge is 0.472 e. The maximum atomic E-state index is 12.8. The van der Waals surface area contributed by atoms with Crippen LogP contribution in [0.2, 0.25) is 0 Å². The van der Waals surface area contributed by atoms with Crippen molar-refractivity contribution in [1.29, 1.82) is 0 Å². The van der Waals surface area contributed by atoms with Crippen molar-refractivity contribution in [3.8, 4) is 0 Å². The van der Waals surface area contributed by atoms with Gasteiger partial charge in [0.1, 0.15) is 12.7 Å². The lowest BCUT2D eigenvalue weighted by Gasteiger charge is -2.20. The molecule has 8 atom stereocenters. The van der Waals surface area contributed by atoms with Crippen LogP contribution in [0, 0.1) is 11.8 Å². The van der Waals surface area contributed by atoms with E-state index in [1.54, 1.807) is 12.2 Å². The maximum Gasteiger partial charge on any atom is 0.472 e. The Morgan fingerprint density at radius 3 is 1.78 bits per heavy atom. The topological polar surface area (TPSA) is 256 Å². The summed E-state index contributed by atoms with van der Waals surface area (Å²) in [6.45, 7) is 1.28. The van der Waals surface area contributed by atoms with Gasteiger partial charge in [0.2, 0.25) is 0 Å². The average Bonchev–Trinajstić information content (AvgIpc) is 3.51. The normalized spacial score (nSPS) is 21.0. The number of hydrogen-bond donors (Lipinski definition) is 7. The first-order valence-corrected chi connectivity index (χ1v) is 25.9. The van der Waals surface area contributed by atoms with E-state index in [0.29, 0.717) is 38.5 Å². The predicted octanol–water partition coefficient (Wildman–Crippen LogP) is 8.16. The average molecular weight is 949 g/mol. The van der Waals surface area contributed by atoms with E-state index in [-0.39, 0.29) is 31.1 Å². The molecule has 0 amide bonds. The molecule has 1 rings (SSSR count). The predicted molar refractivity (Wildman–Crippen MR) is 245 cm³/mol. The quantitative estimate of drug-likeness (QED) is 0.0133. The molecule has 0 aromatic heterocycles. The van der Waals surface area contributed by atoms with Crippen LogP contribution < -0.4 is 0 Å². The third-order valence-corrected chi connectivity index (χ3v) is 11.6. The van der Waals surface area contributed by atoms with Gasteiger partial charge in [-0.1, -0.05) is 119 Å². The van der Waals surface area contributed by atoms with Crippen molar-refractivity contribution < 1.29 is 76.9 Å². The van der Waals surface area contributed by atoms with Gasteiger partial charge in [-0.15, -0.1) is 0 Å². The number of allylic oxidation sites excluding steroid dienone is 10. The lowest BCUT2D eigenvalue weighted by Crippen LogP contribution is -2.29. The number of phosphoric ester groups is 2. The van der Waals surface area contributed by atoms with Gasteiger partial charge in [-0.25, -0.2) is 9.13 Å². The lowest BCUT2D eigenvalue weighted by atomic mass is 9.89. The van der Waals surface area contributed by atoms with Gasteiger partial charge in [-0.2, -0.15) is 0 Å². The van der Waals surface area contributed by atoms with Crippen LogP contribution in [-0.4, -0.2) is 104 Å². The molecule has 1 unspecified atom stereocenters. The van der Waals surface area contributed by atoms with Gasteiger partial charge in [-0.05, 0) is 76.5 Å². The molecule has 0 saturated heterocycles. The van der Waals surface area contributed by atoms with Crippen LogP contribution in [0.3, 0.4) is 0 Å². The van der Waals surface area contributed by atoms with Crippen molar-refractivity contribution >= 4 is 27.6 Å². The van der Waals surface area contributed by atoms with Crippen LogP contribution in [0.4, 0.5) is 0 Å². The molecule has 0 heterocycles. The second kappa shape index (κ2) is 36.5. The molecular formula is C46H78O16P2. The van der Waals surface area contributed by atoms with E-state index in [1.807, 2.05) is 24.3 Å². The number of carbonyl (C=O) groups excluding carboxylic acids is 2. The number of aliphatic hydroxyl groups is 4. The molecule has 16 nitrogen and oxygen atoms in total. The van der Waals surface area contributed by atoms with Crippen molar-refractivity contribution in [3.05, 3.63) is 72.9 Å². The van der Waals surface area contributed by atoms with E-state index in [0.717, 1.165) is 44.9 Å². The van der Waals surface area contributed by atoms with Crippen molar-refractivity contribution in [3.63, 3.8) is 0 Å². The minimum absolute atomic E-state index is 0.0606. The highest BCUT2D eigenvalue weighted by atomic mass is 31.2. The number of carbonyl (C=O) groups is 2. The third kappa shape index (κ3) is 33.0. The smallest absolute Gasteiger partial charge is 0.462 e. The minimum atomic E-state index is -4.91. The van der Waals surface area contributed by atoms with E-state index in [1.165, 1.54) is 19.3 Å². The summed E-state index contributed by atoms with van der Waals surface area (Å²) in [4.78, 5) is 52.9. The fourth-order valence-corrected chi connectivity index (χ4v) is 7.72. The summed E-state index contributed by atoms with van der Waals surface area (Å²) in [5, 5.41) is 41.1. The molecule has 368 valence electrons. The summed E-state index contributed by atoms with van der Waals surface area (Å²) in [6.07, 6.45) is 32.8. The maximum absolute atomic E-state index is 12.8. The number of aliphatic hydroxyl groups excluding tert-OH is 4. The molecule has 0 spiro atoms. The first-order chi connectivity index (χ1) is 30.6. The number of phosphoric acid groups is 2. The van der Waals surface area contributed by atoms with Crippen LogP contribution in [0.5, 0.6) is 0 Å². The van der Waals surface area contributed by atoms with Crippen LogP contribution in [-0.2, 0) is 41.8 Å². The zero-order valence-electron chi connectivity index (χ0n) is 37.9.